The van der Waals surface area contributed by atoms with Crippen molar-refractivity contribution < 1.29 is 8.42 Å². The van der Waals surface area contributed by atoms with Gasteiger partial charge in [0.2, 0.25) is 10.0 Å². The van der Waals surface area contributed by atoms with Crippen LogP contribution in [0, 0.1) is 5.41 Å². The van der Waals surface area contributed by atoms with Crippen molar-refractivity contribution >= 4 is 15.7 Å². The molecule has 0 spiro atoms. The summed E-state index contributed by atoms with van der Waals surface area (Å²) in [6.07, 6.45) is 3.52. The van der Waals surface area contributed by atoms with Gasteiger partial charge in [-0.1, -0.05) is 26.3 Å². The van der Waals surface area contributed by atoms with Crippen LogP contribution in [0.2, 0.25) is 0 Å². The first-order valence-corrected chi connectivity index (χ1v) is 7.73. The molecule has 1 saturated carbocycles. The van der Waals surface area contributed by atoms with Crippen LogP contribution in [0.15, 0.2) is 29.2 Å². The summed E-state index contributed by atoms with van der Waals surface area (Å²) in [6.45, 7) is 4.47. The fourth-order valence-electron chi connectivity index (χ4n) is 2.56. The highest BCUT2D eigenvalue weighted by Gasteiger charge is 2.34. The van der Waals surface area contributed by atoms with Gasteiger partial charge in [-0.25, -0.2) is 13.6 Å². The lowest BCUT2D eigenvalue weighted by Crippen LogP contribution is -2.30. The van der Waals surface area contributed by atoms with Gasteiger partial charge >= 0.3 is 0 Å². The van der Waals surface area contributed by atoms with Crippen molar-refractivity contribution in [1.29, 1.82) is 0 Å². The van der Waals surface area contributed by atoms with Gasteiger partial charge in [-0.05, 0) is 36.5 Å². The molecule has 100 valence electrons. The Kier molecular flexibility index (Phi) is 3.38. The topological polar surface area (TPSA) is 72.2 Å². The Morgan fingerprint density at radius 2 is 2.11 bits per heavy atom. The maximum atomic E-state index is 11.3. The predicted octanol–water partition coefficient (Wildman–Crippen LogP) is 2.32. The molecule has 2 rings (SSSR count). The van der Waals surface area contributed by atoms with Crippen molar-refractivity contribution in [3.05, 3.63) is 24.3 Å². The maximum absolute atomic E-state index is 11.3. The highest BCUT2D eigenvalue weighted by atomic mass is 32.2. The van der Waals surface area contributed by atoms with Gasteiger partial charge in [0.15, 0.2) is 0 Å². The lowest BCUT2D eigenvalue weighted by atomic mass is 9.87. The van der Waals surface area contributed by atoms with E-state index in [0.717, 1.165) is 12.1 Å². The number of primary sulfonamides is 1. The van der Waals surface area contributed by atoms with Crippen molar-refractivity contribution in [1.82, 2.24) is 0 Å². The molecule has 0 aliphatic heterocycles. The molecule has 1 aromatic carbocycles. The van der Waals surface area contributed by atoms with E-state index in [1.165, 1.54) is 18.9 Å². The first-order valence-electron chi connectivity index (χ1n) is 6.18. The van der Waals surface area contributed by atoms with Gasteiger partial charge in [0.1, 0.15) is 0 Å². The molecule has 4 nitrogen and oxygen atoms in total. The van der Waals surface area contributed by atoms with Crippen LogP contribution in [-0.2, 0) is 10.0 Å². The molecule has 1 fully saturated rings. The molecule has 0 amide bonds. The molecular formula is C13H20N2O2S. The highest BCUT2D eigenvalue weighted by molar-refractivity contribution is 7.89. The average molecular weight is 268 g/mol. The molecule has 0 radical (unpaired) electrons. The quantitative estimate of drug-likeness (QED) is 0.883. The van der Waals surface area contributed by atoms with E-state index in [0.29, 0.717) is 6.04 Å². The Bertz CT molecular complexity index is 538. The molecule has 1 atom stereocenters. The SMILES string of the molecule is CC1(C)CCCC1Nc1cccc(S(N)(=O)=O)c1. The normalized spacial score (nSPS) is 22.9. The number of anilines is 1. The zero-order valence-corrected chi connectivity index (χ0v) is 11.6. The summed E-state index contributed by atoms with van der Waals surface area (Å²) in [5.74, 6) is 0. The Morgan fingerprint density at radius 1 is 1.39 bits per heavy atom. The Balaban J connectivity index is 2.20. The number of nitrogens with one attached hydrogen (secondary N) is 1. The monoisotopic (exact) mass is 268 g/mol. The minimum atomic E-state index is -3.63. The third-order valence-corrected chi connectivity index (χ3v) is 4.67. The van der Waals surface area contributed by atoms with Crippen LogP contribution >= 0.6 is 0 Å². The van der Waals surface area contributed by atoms with E-state index in [1.807, 2.05) is 6.07 Å². The Morgan fingerprint density at radius 3 is 2.67 bits per heavy atom. The fraction of sp³-hybridized carbons (Fsp3) is 0.538. The molecule has 18 heavy (non-hydrogen) atoms. The molecule has 0 aromatic heterocycles. The lowest BCUT2D eigenvalue weighted by Gasteiger charge is -2.28. The van der Waals surface area contributed by atoms with E-state index in [2.05, 4.69) is 19.2 Å². The van der Waals surface area contributed by atoms with Crippen LogP contribution in [0.1, 0.15) is 33.1 Å². The van der Waals surface area contributed by atoms with Crippen LogP contribution in [0.4, 0.5) is 5.69 Å². The smallest absolute Gasteiger partial charge is 0.238 e. The molecule has 0 heterocycles. The van der Waals surface area contributed by atoms with Gasteiger partial charge in [0.05, 0.1) is 4.90 Å². The van der Waals surface area contributed by atoms with Crippen LogP contribution in [0.5, 0.6) is 0 Å². The van der Waals surface area contributed by atoms with Gasteiger partial charge in [-0.15, -0.1) is 0 Å². The summed E-state index contributed by atoms with van der Waals surface area (Å²) in [7, 11) is -3.63. The zero-order chi connectivity index (χ0) is 13.4. The fourth-order valence-corrected chi connectivity index (χ4v) is 3.12. The van der Waals surface area contributed by atoms with E-state index in [-0.39, 0.29) is 10.3 Å². The van der Waals surface area contributed by atoms with Crippen LogP contribution in [0.25, 0.3) is 0 Å². The standard InChI is InChI=1S/C13H20N2O2S/c1-13(2)8-4-7-12(13)15-10-5-3-6-11(9-10)18(14,16)17/h3,5-6,9,12,15H,4,7-8H2,1-2H3,(H2,14,16,17). The largest absolute Gasteiger partial charge is 0.382 e. The molecule has 3 N–H and O–H groups in total. The van der Waals surface area contributed by atoms with Gasteiger partial charge in [0.25, 0.3) is 0 Å². The molecule has 1 unspecified atom stereocenters. The van der Waals surface area contributed by atoms with Crippen molar-refractivity contribution in [3.63, 3.8) is 0 Å². The summed E-state index contributed by atoms with van der Waals surface area (Å²) < 4.78 is 22.6. The van der Waals surface area contributed by atoms with E-state index in [9.17, 15) is 8.42 Å². The number of rotatable bonds is 3. The molecule has 1 aromatic rings. The van der Waals surface area contributed by atoms with E-state index >= 15 is 0 Å². The summed E-state index contributed by atoms with van der Waals surface area (Å²) >= 11 is 0. The summed E-state index contributed by atoms with van der Waals surface area (Å²) in [5, 5.41) is 8.56. The van der Waals surface area contributed by atoms with Gasteiger partial charge in [-0.2, -0.15) is 0 Å². The zero-order valence-electron chi connectivity index (χ0n) is 10.8. The van der Waals surface area contributed by atoms with Gasteiger partial charge < -0.3 is 5.32 Å². The molecule has 5 heteroatoms. The minimum absolute atomic E-state index is 0.156. The molecule has 0 saturated heterocycles. The third kappa shape index (κ3) is 2.84. The van der Waals surface area contributed by atoms with Crippen molar-refractivity contribution in [2.24, 2.45) is 10.6 Å². The number of hydrogen-bond donors (Lipinski definition) is 2. The number of nitrogens with two attached hydrogens (primary N) is 1. The number of benzene rings is 1. The van der Waals surface area contributed by atoms with Crippen molar-refractivity contribution in [2.45, 2.75) is 44.0 Å². The first kappa shape index (κ1) is 13.4. The van der Waals surface area contributed by atoms with Gasteiger partial charge in [-0.3, -0.25) is 0 Å². The second kappa shape index (κ2) is 4.55. The van der Waals surface area contributed by atoms with E-state index in [4.69, 9.17) is 5.14 Å². The van der Waals surface area contributed by atoms with E-state index in [1.54, 1.807) is 12.1 Å². The molecule has 1 aliphatic rings. The molecule has 0 bridgehead atoms. The number of hydrogen-bond acceptors (Lipinski definition) is 3. The Hall–Kier alpha value is -1.07. The van der Waals surface area contributed by atoms with Crippen LogP contribution in [-0.4, -0.2) is 14.5 Å². The van der Waals surface area contributed by atoms with E-state index < -0.39 is 10.0 Å². The van der Waals surface area contributed by atoms with Crippen LogP contribution < -0.4 is 10.5 Å². The van der Waals surface area contributed by atoms with Crippen molar-refractivity contribution in [3.8, 4) is 0 Å². The molecule has 1 aliphatic carbocycles. The average Bonchev–Trinajstić information content (AvgIpc) is 2.58. The van der Waals surface area contributed by atoms with Crippen LogP contribution in [0.3, 0.4) is 0 Å². The molecular weight excluding hydrogens is 248 g/mol. The minimum Gasteiger partial charge on any atom is -0.382 e. The lowest BCUT2D eigenvalue weighted by molar-refractivity contribution is 0.350. The summed E-state index contributed by atoms with van der Waals surface area (Å²) in [5.41, 5.74) is 1.07. The number of sulfonamides is 1. The second-order valence-electron chi connectivity index (χ2n) is 5.65. The first-order chi connectivity index (χ1) is 8.29. The summed E-state index contributed by atoms with van der Waals surface area (Å²) in [6, 6.07) is 7.09. The summed E-state index contributed by atoms with van der Waals surface area (Å²) in [4.78, 5) is 0.156. The third-order valence-electron chi connectivity index (χ3n) is 3.76. The predicted molar refractivity (Wildman–Crippen MR) is 72.9 cm³/mol. The Labute approximate surface area is 109 Å². The van der Waals surface area contributed by atoms with Crippen molar-refractivity contribution in [2.75, 3.05) is 5.32 Å². The maximum Gasteiger partial charge on any atom is 0.238 e. The second-order valence-corrected chi connectivity index (χ2v) is 7.21. The highest BCUT2D eigenvalue weighted by Crippen LogP contribution is 2.39. The van der Waals surface area contributed by atoms with Gasteiger partial charge in [0, 0.05) is 11.7 Å².